The Morgan fingerprint density at radius 3 is 2.26 bits per heavy atom. The van der Waals surface area contributed by atoms with Crippen LogP contribution in [-0.4, -0.2) is 38.0 Å². The lowest BCUT2D eigenvalue weighted by molar-refractivity contribution is -0.384. The fourth-order valence-electron chi connectivity index (χ4n) is 3.17. The van der Waals surface area contributed by atoms with Crippen LogP contribution in [0.2, 0.25) is 0 Å². The molecular weight excluding hydrogens is 411 g/mol. The predicted molar refractivity (Wildman–Crippen MR) is 92.4 cm³/mol. The zero-order valence-electron chi connectivity index (χ0n) is 12.2. The normalized spacial score (nSPS) is 25.4. The summed E-state index contributed by atoms with van der Waals surface area (Å²) < 4.78 is -0.318. The van der Waals surface area contributed by atoms with E-state index in [-0.39, 0.29) is 27.2 Å². The molecule has 1 spiro atoms. The van der Waals surface area contributed by atoms with E-state index in [1.165, 1.54) is 24.3 Å². The number of alkyl halides is 1. The van der Waals surface area contributed by atoms with Gasteiger partial charge >= 0.3 is 0 Å². The maximum Gasteiger partial charge on any atom is 0.269 e. The Balaban J connectivity index is 2.09. The zero-order chi connectivity index (χ0) is 16.8. The van der Waals surface area contributed by atoms with Gasteiger partial charge < -0.3 is 4.90 Å². The van der Waals surface area contributed by atoms with Gasteiger partial charge in [-0.2, -0.15) is 0 Å². The van der Waals surface area contributed by atoms with E-state index >= 15 is 0 Å². The Morgan fingerprint density at radius 2 is 1.74 bits per heavy atom. The second-order valence-corrected chi connectivity index (χ2v) is 6.92. The first-order valence-corrected chi connectivity index (χ1v) is 8.20. The van der Waals surface area contributed by atoms with Gasteiger partial charge in [0.25, 0.3) is 5.69 Å². The van der Waals surface area contributed by atoms with Gasteiger partial charge in [-0.05, 0) is 17.7 Å². The number of halogens is 1. The molecule has 2 atom stereocenters. The minimum absolute atomic E-state index is 0.00962. The van der Waals surface area contributed by atoms with Crippen LogP contribution in [0.5, 0.6) is 0 Å². The van der Waals surface area contributed by atoms with Crippen LogP contribution in [-0.2, 0) is 9.59 Å². The quantitative estimate of drug-likeness (QED) is 0.316. The lowest BCUT2D eigenvalue weighted by atomic mass is 9.77. The molecule has 118 valence electrons. The number of nitrogens with zero attached hydrogens (tertiary/aromatic N) is 2. The number of nitro groups is 1. The lowest BCUT2D eigenvalue weighted by Crippen LogP contribution is -2.44. The van der Waals surface area contributed by atoms with Crippen molar-refractivity contribution in [2.75, 3.05) is 7.05 Å². The molecular formula is C16H13IN2O4. The molecule has 0 bridgehead atoms. The average molecular weight is 424 g/mol. The number of allylic oxidation sites excluding steroid dienone is 2. The Bertz CT molecular complexity index is 738. The summed E-state index contributed by atoms with van der Waals surface area (Å²) in [6, 6.07) is 6.24. The maximum atomic E-state index is 12.5. The molecule has 1 aromatic carbocycles. The van der Waals surface area contributed by atoms with Crippen LogP contribution in [0.15, 0.2) is 48.6 Å². The zero-order valence-corrected chi connectivity index (χ0v) is 14.3. The van der Waals surface area contributed by atoms with Gasteiger partial charge in [0.2, 0.25) is 5.91 Å². The number of ketones is 1. The van der Waals surface area contributed by atoms with Crippen molar-refractivity contribution in [3.8, 4) is 0 Å². The van der Waals surface area contributed by atoms with Crippen LogP contribution < -0.4 is 0 Å². The molecule has 1 fully saturated rings. The summed E-state index contributed by atoms with van der Waals surface area (Å²) in [6.07, 6.45) is 6.43. The number of amides is 1. The summed E-state index contributed by atoms with van der Waals surface area (Å²) in [5.74, 6) is -0.365. The van der Waals surface area contributed by atoms with Crippen molar-refractivity contribution in [1.29, 1.82) is 0 Å². The molecule has 6 nitrogen and oxygen atoms in total. The molecule has 0 aromatic heterocycles. The highest BCUT2D eigenvalue weighted by molar-refractivity contribution is 14.1. The Morgan fingerprint density at radius 1 is 1.17 bits per heavy atom. The summed E-state index contributed by atoms with van der Waals surface area (Å²) in [5, 5.41) is 10.8. The molecule has 1 aromatic rings. The Kier molecular flexibility index (Phi) is 3.83. The van der Waals surface area contributed by atoms with E-state index in [2.05, 4.69) is 22.6 Å². The van der Waals surface area contributed by atoms with E-state index in [0.717, 1.165) is 5.56 Å². The van der Waals surface area contributed by atoms with E-state index in [1.54, 1.807) is 36.2 Å². The third-order valence-electron chi connectivity index (χ3n) is 4.43. The molecule has 1 aliphatic carbocycles. The van der Waals surface area contributed by atoms with E-state index in [0.29, 0.717) is 0 Å². The Labute approximate surface area is 146 Å². The van der Waals surface area contributed by atoms with Crippen molar-refractivity contribution in [1.82, 2.24) is 4.90 Å². The van der Waals surface area contributed by atoms with Gasteiger partial charge in [-0.1, -0.05) is 46.9 Å². The molecule has 0 saturated carbocycles. The van der Waals surface area contributed by atoms with Crippen molar-refractivity contribution >= 4 is 40.0 Å². The number of likely N-dealkylation sites (N-methyl/N-ethyl adjacent to an activating group) is 1. The van der Waals surface area contributed by atoms with Crippen LogP contribution in [0, 0.1) is 10.1 Å². The van der Waals surface area contributed by atoms with Gasteiger partial charge in [-0.15, -0.1) is 0 Å². The second-order valence-electron chi connectivity index (χ2n) is 5.58. The first kappa shape index (κ1) is 15.9. The van der Waals surface area contributed by atoms with Gasteiger partial charge in [-0.25, -0.2) is 0 Å². The van der Waals surface area contributed by atoms with Crippen molar-refractivity contribution in [2.24, 2.45) is 0 Å². The number of hydrogen-bond donors (Lipinski definition) is 0. The van der Waals surface area contributed by atoms with E-state index in [9.17, 15) is 19.7 Å². The summed E-state index contributed by atoms with van der Waals surface area (Å²) in [4.78, 5) is 36.0. The summed E-state index contributed by atoms with van der Waals surface area (Å²) in [7, 11) is 1.71. The topological polar surface area (TPSA) is 80.5 Å². The number of carbonyl (C=O) groups excluding carboxylic acids is 2. The summed E-state index contributed by atoms with van der Waals surface area (Å²) in [5.41, 5.74) is 0.124. The maximum absolute atomic E-state index is 12.5. The molecule has 2 unspecified atom stereocenters. The molecule has 1 saturated heterocycles. The molecule has 1 heterocycles. The monoisotopic (exact) mass is 424 g/mol. The molecule has 3 rings (SSSR count). The lowest BCUT2D eigenvalue weighted by Gasteiger charge is -2.37. The molecule has 0 N–H and O–H groups in total. The summed E-state index contributed by atoms with van der Waals surface area (Å²) >= 11 is 2.10. The fraction of sp³-hybridized carbons (Fsp3) is 0.250. The SMILES string of the molecule is CN1C(=O)C(I)C(c2ccc([N+](=O)[O-])cc2)C12C=CC(=O)C=C2. The van der Waals surface area contributed by atoms with Crippen LogP contribution in [0.1, 0.15) is 11.5 Å². The van der Waals surface area contributed by atoms with Gasteiger partial charge in [-0.3, -0.25) is 19.7 Å². The first-order chi connectivity index (χ1) is 10.9. The van der Waals surface area contributed by atoms with E-state index in [4.69, 9.17) is 0 Å². The number of benzene rings is 1. The number of non-ortho nitro benzene ring substituents is 1. The van der Waals surface area contributed by atoms with Gasteiger partial charge in [0.1, 0.15) is 0 Å². The van der Waals surface area contributed by atoms with Gasteiger partial charge in [0, 0.05) is 25.1 Å². The van der Waals surface area contributed by atoms with Crippen LogP contribution in [0.25, 0.3) is 0 Å². The molecule has 23 heavy (non-hydrogen) atoms. The smallest absolute Gasteiger partial charge is 0.269 e. The molecule has 2 aliphatic rings. The molecule has 7 heteroatoms. The van der Waals surface area contributed by atoms with Crippen molar-refractivity contribution in [2.45, 2.75) is 15.4 Å². The fourth-order valence-corrected chi connectivity index (χ4v) is 4.58. The van der Waals surface area contributed by atoms with Crippen LogP contribution in [0.4, 0.5) is 5.69 Å². The highest BCUT2D eigenvalue weighted by Crippen LogP contribution is 2.48. The average Bonchev–Trinajstić information content (AvgIpc) is 2.72. The second kappa shape index (κ2) is 5.55. The highest BCUT2D eigenvalue weighted by Gasteiger charge is 2.54. The highest BCUT2D eigenvalue weighted by atomic mass is 127. The predicted octanol–water partition coefficient (Wildman–Crippen LogP) is 2.39. The third kappa shape index (κ3) is 2.39. The molecule has 1 amide bonds. The number of rotatable bonds is 2. The molecule has 0 radical (unpaired) electrons. The van der Waals surface area contributed by atoms with Crippen LogP contribution in [0.3, 0.4) is 0 Å². The summed E-state index contributed by atoms with van der Waals surface area (Å²) in [6.45, 7) is 0. The largest absolute Gasteiger partial charge is 0.331 e. The minimum atomic E-state index is -0.715. The number of nitro benzene ring substituents is 1. The Hall–Kier alpha value is -2.03. The number of hydrogen-bond acceptors (Lipinski definition) is 4. The van der Waals surface area contributed by atoms with Crippen molar-refractivity contribution in [3.05, 3.63) is 64.2 Å². The number of carbonyl (C=O) groups is 2. The van der Waals surface area contributed by atoms with Crippen molar-refractivity contribution < 1.29 is 14.5 Å². The molecule has 1 aliphatic heterocycles. The first-order valence-electron chi connectivity index (χ1n) is 6.95. The van der Waals surface area contributed by atoms with E-state index in [1.807, 2.05) is 0 Å². The van der Waals surface area contributed by atoms with Gasteiger partial charge in [0.15, 0.2) is 5.78 Å². The van der Waals surface area contributed by atoms with E-state index < -0.39 is 10.5 Å². The number of likely N-dealkylation sites (tertiary alicyclic amines) is 1. The van der Waals surface area contributed by atoms with Crippen LogP contribution >= 0.6 is 22.6 Å². The van der Waals surface area contributed by atoms with Crippen molar-refractivity contribution in [3.63, 3.8) is 0 Å². The minimum Gasteiger partial charge on any atom is -0.331 e. The standard InChI is InChI=1S/C16H13IN2O4/c1-18-15(21)14(17)13(16(18)8-6-12(20)7-9-16)10-2-4-11(5-3-10)19(22)23/h2-9,13-14H,1H3. The third-order valence-corrected chi connectivity index (χ3v) is 5.68. The van der Waals surface area contributed by atoms with Gasteiger partial charge in [0.05, 0.1) is 14.4 Å².